The number of aryl methyl sites for hydroxylation is 2. The molecular formula is C23H24N2O7. The van der Waals surface area contributed by atoms with Crippen LogP contribution in [0.1, 0.15) is 30.0 Å². The van der Waals surface area contributed by atoms with E-state index in [0.717, 1.165) is 10.9 Å². The quantitative estimate of drug-likeness (QED) is 0.476. The van der Waals surface area contributed by atoms with Gasteiger partial charge in [0.05, 0.1) is 31.3 Å². The maximum absolute atomic E-state index is 13.1. The summed E-state index contributed by atoms with van der Waals surface area (Å²) in [5, 5.41) is 4.27. The molecule has 0 radical (unpaired) electrons. The number of piperazine rings is 1. The maximum Gasteiger partial charge on any atom is 0.340 e. The molecule has 3 heterocycles. The van der Waals surface area contributed by atoms with Crippen molar-refractivity contribution in [3.05, 3.63) is 45.5 Å². The maximum atomic E-state index is 13.1. The number of benzene rings is 1. The number of nitrogens with one attached hydrogen (secondary N) is 1. The van der Waals surface area contributed by atoms with Crippen LogP contribution in [0.25, 0.3) is 21.9 Å². The molecule has 0 spiro atoms. The number of hydrogen-bond acceptors (Lipinski definition) is 7. The molecular weight excluding hydrogens is 416 g/mol. The minimum absolute atomic E-state index is 0.182. The van der Waals surface area contributed by atoms with Gasteiger partial charge in [-0.1, -0.05) is 0 Å². The summed E-state index contributed by atoms with van der Waals surface area (Å²) < 4.78 is 15.9. The molecule has 1 aromatic carbocycles. The monoisotopic (exact) mass is 440 g/mol. The molecule has 1 aliphatic rings. The standard InChI is InChI=1S/C23H24N2O7/c1-4-30-21(27)9-17-22(28)24-5-6-25(17)20(26)8-16-13(3)15-7-14-12(2)11-31-18(14)10-19(15)32-23(16)29/h7,10-11,17H,4-6,8-9H2,1-3H3,(H,24,28)/t17-/m1/s1. The lowest BCUT2D eigenvalue weighted by Gasteiger charge is -2.34. The smallest absolute Gasteiger partial charge is 0.340 e. The first-order valence-electron chi connectivity index (χ1n) is 10.5. The highest BCUT2D eigenvalue weighted by atomic mass is 16.5. The Hall–Kier alpha value is -3.62. The fourth-order valence-electron chi connectivity index (χ4n) is 4.09. The van der Waals surface area contributed by atoms with Crippen LogP contribution in [0, 0.1) is 13.8 Å². The number of nitrogens with zero attached hydrogens (tertiary/aromatic N) is 1. The largest absolute Gasteiger partial charge is 0.466 e. The summed E-state index contributed by atoms with van der Waals surface area (Å²) in [5.74, 6) is -1.41. The lowest BCUT2D eigenvalue weighted by Crippen LogP contribution is -2.58. The van der Waals surface area contributed by atoms with Crippen molar-refractivity contribution in [2.75, 3.05) is 19.7 Å². The third-order valence-corrected chi connectivity index (χ3v) is 5.82. The molecule has 0 bridgehead atoms. The third-order valence-electron chi connectivity index (χ3n) is 5.82. The van der Waals surface area contributed by atoms with Crippen LogP contribution in [0.5, 0.6) is 0 Å². The van der Waals surface area contributed by atoms with E-state index in [1.54, 1.807) is 26.2 Å². The van der Waals surface area contributed by atoms with E-state index in [-0.39, 0.29) is 38.1 Å². The first kappa shape index (κ1) is 21.6. The fraction of sp³-hybridized carbons (Fsp3) is 0.391. The third kappa shape index (κ3) is 3.86. The summed E-state index contributed by atoms with van der Waals surface area (Å²) in [4.78, 5) is 51.4. The molecule has 2 amide bonds. The molecule has 1 saturated heterocycles. The van der Waals surface area contributed by atoms with Crippen molar-refractivity contribution in [3.8, 4) is 0 Å². The number of fused-ring (bicyclic) bond motifs is 2. The molecule has 168 valence electrons. The van der Waals surface area contributed by atoms with Gasteiger partial charge in [-0.15, -0.1) is 0 Å². The Morgan fingerprint density at radius 1 is 1.19 bits per heavy atom. The first-order valence-corrected chi connectivity index (χ1v) is 10.5. The minimum atomic E-state index is -0.976. The summed E-state index contributed by atoms with van der Waals surface area (Å²) in [6, 6.07) is 2.58. The Morgan fingerprint density at radius 2 is 1.97 bits per heavy atom. The van der Waals surface area contributed by atoms with E-state index in [1.165, 1.54) is 4.90 Å². The Morgan fingerprint density at radius 3 is 2.72 bits per heavy atom. The Balaban J connectivity index is 1.66. The molecule has 32 heavy (non-hydrogen) atoms. The molecule has 1 N–H and O–H groups in total. The molecule has 9 nitrogen and oxygen atoms in total. The molecule has 9 heteroatoms. The van der Waals surface area contributed by atoms with Crippen LogP contribution in [0.2, 0.25) is 0 Å². The van der Waals surface area contributed by atoms with Gasteiger partial charge in [0.1, 0.15) is 17.2 Å². The highest BCUT2D eigenvalue weighted by Gasteiger charge is 2.35. The number of esters is 1. The van der Waals surface area contributed by atoms with Gasteiger partial charge in [-0.3, -0.25) is 14.4 Å². The van der Waals surface area contributed by atoms with E-state index >= 15 is 0 Å². The van der Waals surface area contributed by atoms with E-state index in [9.17, 15) is 19.2 Å². The second-order valence-electron chi connectivity index (χ2n) is 7.84. The topological polar surface area (TPSA) is 119 Å². The van der Waals surface area contributed by atoms with Gasteiger partial charge < -0.3 is 23.8 Å². The lowest BCUT2D eigenvalue weighted by atomic mass is 10.0. The zero-order valence-corrected chi connectivity index (χ0v) is 18.1. The number of furan rings is 1. The van der Waals surface area contributed by atoms with Gasteiger partial charge in [-0.2, -0.15) is 0 Å². The predicted molar refractivity (Wildman–Crippen MR) is 115 cm³/mol. The van der Waals surface area contributed by atoms with Crippen LogP contribution in [0.15, 0.2) is 32.0 Å². The van der Waals surface area contributed by atoms with Crippen molar-refractivity contribution < 1.29 is 28.0 Å². The number of ether oxygens (including phenoxy) is 1. The Kier molecular flexibility index (Phi) is 5.73. The summed E-state index contributed by atoms with van der Waals surface area (Å²) in [6.07, 6.45) is 1.15. The van der Waals surface area contributed by atoms with Crippen molar-refractivity contribution >= 4 is 39.7 Å². The van der Waals surface area contributed by atoms with Crippen molar-refractivity contribution in [1.82, 2.24) is 10.2 Å². The van der Waals surface area contributed by atoms with Crippen LogP contribution in [-0.4, -0.2) is 48.4 Å². The first-order chi connectivity index (χ1) is 15.3. The van der Waals surface area contributed by atoms with Gasteiger partial charge in [0.15, 0.2) is 0 Å². The molecule has 0 aliphatic carbocycles. The van der Waals surface area contributed by atoms with E-state index in [0.29, 0.717) is 22.1 Å². The second-order valence-corrected chi connectivity index (χ2v) is 7.84. The Labute approximate surface area is 183 Å². The van der Waals surface area contributed by atoms with E-state index in [4.69, 9.17) is 13.6 Å². The van der Waals surface area contributed by atoms with Crippen LogP contribution in [0.3, 0.4) is 0 Å². The molecule has 1 aliphatic heterocycles. The van der Waals surface area contributed by atoms with Gasteiger partial charge in [0, 0.05) is 29.9 Å². The summed E-state index contributed by atoms with van der Waals surface area (Å²) >= 11 is 0. The van der Waals surface area contributed by atoms with Crippen LogP contribution < -0.4 is 10.9 Å². The van der Waals surface area contributed by atoms with E-state index in [1.807, 2.05) is 13.0 Å². The molecule has 2 aromatic heterocycles. The van der Waals surface area contributed by atoms with E-state index in [2.05, 4.69) is 5.32 Å². The van der Waals surface area contributed by atoms with Gasteiger partial charge in [0.25, 0.3) is 0 Å². The SMILES string of the molecule is CCOC(=O)C[C@@H]1C(=O)NCCN1C(=O)Cc1c(C)c2cc3c(C)coc3cc2oc1=O. The molecule has 1 fully saturated rings. The van der Waals surface area contributed by atoms with Gasteiger partial charge >= 0.3 is 11.6 Å². The second kappa shape index (κ2) is 8.49. The molecule has 1 atom stereocenters. The van der Waals surface area contributed by atoms with Crippen LogP contribution in [-0.2, 0) is 25.5 Å². The van der Waals surface area contributed by atoms with Crippen molar-refractivity contribution in [1.29, 1.82) is 0 Å². The number of carbonyl (C=O) groups excluding carboxylic acids is 3. The summed E-state index contributed by atoms with van der Waals surface area (Å²) in [5.41, 5.74) is 2.19. The predicted octanol–water partition coefficient (Wildman–Crippen LogP) is 1.98. The van der Waals surface area contributed by atoms with Gasteiger partial charge in [0.2, 0.25) is 11.8 Å². The van der Waals surface area contributed by atoms with Crippen molar-refractivity contribution in [3.63, 3.8) is 0 Å². The number of hydrogen-bond donors (Lipinski definition) is 1. The van der Waals surface area contributed by atoms with Crippen molar-refractivity contribution in [2.24, 2.45) is 0 Å². The zero-order valence-electron chi connectivity index (χ0n) is 18.1. The summed E-state index contributed by atoms with van der Waals surface area (Å²) in [7, 11) is 0. The van der Waals surface area contributed by atoms with Gasteiger partial charge in [-0.05, 0) is 38.0 Å². The molecule has 0 unspecified atom stereocenters. The average molecular weight is 440 g/mol. The lowest BCUT2D eigenvalue weighted by molar-refractivity contribution is -0.151. The Bertz CT molecular complexity index is 1290. The van der Waals surface area contributed by atoms with Gasteiger partial charge in [-0.25, -0.2) is 4.79 Å². The van der Waals surface area contributed by atoms with E-state index < -0.39 is 29.5 Å². The zero-order chi connectivity index (χ0) is 23.0. The summed E-state index contributed by atoms with van der Waals surface area (Å²) in [6.45, 7) is 6.04. The number of amides is 2. The van der Waals surface area contributed by atoms with Crippen molar-refractivity contribution in [2.45, 2.75) is 39.7 Å². The fourth-order valence-corrected chi connectivity index (χ4v) is 4.09. The molecule has 4 rings (SSSR count). The van der Waals surface area contributed by atoms with Crippen LogP contribution >= 0.6 is 0 Å². The number of rotatable bonds is 5. The van der Waals surface area contributed by atoms with Crippen LogP contribution in [0.4, 0.5) is 0 Å². The highest BCUT2D eigenvalue weighted by Crippen LogP contribution is 2.29. The average Bonchev–Trinajstić information content (AvgIpc) is 3.11. The highest BCUT2D eigenvalue weighted by molar-refractivity contribution is 5.97. The molecule has 0 saturated carbocycles. The normalized spacial score (nSPS) is 16.4. The minimum Gasteiger partial charge on any atom is -0.466 e. The number of carbonyl (C=O) groups is 3. The molecule has 3 aromatic rings.